The second-order valence-electron chi connectivity index (χ2n) is 6.10. The molecule has 1 atom stereocenters. The first-order chi connectivity index (χ1) is 10.2. The van der Waals surface area contributed by atoms with Gasteiger partial charge in [0.1, 0.15) is 0 Å². The monoisotopic (exact) mass is 288 g/mol. The second-order valence-corrected chi connectivity index (χ2v) is 6.10. The number of aryl methyl sites for hydroxylation is 1. The maximum absolute atomic E-state index is 11.9. The van der Waals surface area contributed by atoms with Crippen molar-refractivity contribution in [3.05, 3.63) is 29.3 Å². The van der Waals surface area contributed by atoms with Crippen molar-refractivity contribution >= 4 is 11.6 Å². The molecular weight excluding hydrogens is 264 g/mol. The number of nitrogens with one attached hydrogen (secondary N) is 1. The Labute approximate surface area is 126 Å². The lowest BCUT2D eigenvalue weighted by molar-refractivity contribution is -0.123. The predicted octanol–water partition coefficient (Wildman–Crippen LogP) is 2.25. The van der Waals surface area contributed by atoms with Gasteiger partial charge in [-0.05, 0) is 42.9 Å². The zero-order valence-corrected chi connectivity index (χ0v) is 12.7. The van der Waals surface area contributed by atoms with Gasteiger partial charge in [0.25, 0.3) is 0 Å². The Morgan fingerprint density at radius 1 is 1.43 bits per heavy atom. The summed E-state index contributed by atoms with van der Waals surface area (Å²) in [4.78, 5) is 14.2. The van der Waals surface area contributed by atoms with Crippen LogP contribution in [-0.2, 0) is 22.5 Å². The minimum atomic E-state index is 0.0942. The van der Waals surface area contributed by atoms with Crippen molar-refractivity contribution in [2.75, 3.05) is 25.1 Å². The highest BCUT2D eigenvalue weighted by atomic mass is 16.5. The van der Waals surface area contributed by atoms with Crippen LogP contribution in [0.3, 0.4) is 0 Å². The van der Waals surface area contributed by atoms with Gasteiger partial charge < -0.3 is 15.0 Å². The van der Waals surface area contributed by atoms with E-state index in [1.54, 1.807) is 0 Å². The van der Waals surface area contributed by atoms with E-state index in [4.69, 9.17) is 4.74 Å². The van der Waals surface area contributed by atoms with Crippen LogP contribution in [0.15, 0.2) is 18.2 Å². The summed E-state index contributed by atoms with van der Waals surface area (Å²) in [7, 11) is 2.14. The molecule has 114 valence electrons. The van der Waals surface area contributed by atoms with E-state index in [-0.39, 0.29) is 12.0 Å². The number of hydrogen-bond acceptors (Lipinski definition) is 3. The van der Waals surface area contributed by atoms with E-state index in [0.717, 1.165) is 32.4 Å². The quantitative estimate of drug-likeness (QED) is 0.924. The fourth-order valence-electron chi connectivity index (χ4n) is 3.23. The van der Waals surface area contributed by atoms with Crippen molar-refractivity contribution in [1.82, 2.24) is 5.32 Å². The summed E-state index contributed by atoms with van der Waals surface area (Å²) >= 11 is 0. The summed E-state index contributed by atoms with van der Waals surface area (Å²) < 4.78 is 5.50. The number of nitrogens with zero attached hydrogens (tertiary/aromatic N) is 1. The molecule has 2 heterocycles. The minimum absolute atomic E-state index is 0.0942. The molecule has 0 unspecified atom stereocenters. The number of benzene rings is 1. The third kappa shape index (κ3) is 3.56. The van der Waals surface area contributed by atoms with E-state index >= 15 is 0 Å². The molecule has 0 aromatic heterocycles. The van der Waals surface area contributed by atoms with Crippen molar-refractivity contribution in [3.8, 4) is 0 Å². The van der Waals surface area contributed by atoms with Gasteiger partial charge in [-0.3, -0.25) is 4.79 Å². The highest BCUT2D eigenvalue weighted by molar-refractivity contribution is 5.76. The van der Waals surface area contributed by atoms with Crippen molar-refractivity contribution in [2.24, 2.45) is 0 Å². The van der Waals surface area contributed by atoms with E-state index in [1.165, 1.54) is 23.2 Å². The molecule has 3 rings (SSSR count). The number of carbonyl (C=O) groups excluding carboxylic acids is 1. The Balaban J connectivity index is 1.54. The number of ether oxygens (including phenoxy) is 1. The maximum Gasteiger partial charge on any atom is 0.222 e. The summed E-state index contributed by atoms with van der Waals surface area (Å²) in [5.74, 6) is 0.0942. The third-order valence-corrected chi connectivity index (χ3v) is 4.42. The molecule has 1 saturated heterocycles. The molecule has 4 heteroatoms. The Bertz CT molecular complexity index is 510. The van der Waals surface area contributed by atoms with Crippen molar-refractivity contribution in [3.63, 3.8) is 0 Å². The Hall–Kier alpha value is -1.55. The highest BCUT2D eigenvalue weighted by Crippen LogP contribution is 2.26. The summed E-state index contributed by atoms with van der Waals surface area (Å²) in [6, 6.07) is 6.53. The van der Waals surface area contributed by atoms with Crippen LogP contribution in [0.1, 0.15) is 36.8 Å². The molecule has 0 bridgehead atoms. The van der Waals surface area contributed by atoms with Gasteiger partial charge in [-0.2, -0.15) is 0 Å². The van der Waals surface area contributed by atoms with Crippen LogP contribution >= 0.6 is 0 Å². The van der Waals surface area contributed by atoms with E-state index in [1.807, 2.05) is 0 Å². The minimum Gasteiger partial charge on any atom is -0.378 e. The van der Waals surface area contributed by atoms with Gasteiger partial charge in [-0.15, -0.1) is 0 Å². The molecule has 1 N–H and O–H groups in total. The van der Waals surface area contributed by atoms with E-state index in [2.05, 4.69) is 35.5 Å². The van der Waals surface area contributed by atoms with E-state index in [0.29, 0.717) is 13.0 Å². The number of rotatable bonds is 4. The Morgan fingerprint density at radius 3 is 3.14 bits per heavy atom. The van der Waals surface area contributed by atoms with Crippen molar-refractivity contribution in [1.29, 1.82) is 0 Å². The smallest absolute Gasteiger partial charge is 0.222 e. The lowest BCUT2D eigenvalue weighted by Crippen LogP contribution is -2.27. The first-order valence-corrected chi connectivity index (χ1v) is 7.93. The topological polar surface area (TPSA) is 41.6 Å². The SMILES string of the molecule is CN1CCCc2cc(CNC(=O)C[C@H]3CCCO3)ccc21. The molecule has 0 radical (unpaired) electrons. The standard InChI is InChI=1S/C17H24N2O2/c1-19-8-2-4-14-10-13(6-7-16(14)19)12-18-17(20)11-15-5-3-9-21-15/h6-7,10,15H,2-5,8-9,11-12H2,1H3,(H,18,20)/t15-/m1/s1. The number of anilines is 1. The van der Waals surface area contributed by atoms with Crippen molar-refractivity contribution < 1.29 is 9.53 Å². The Kier molecular flexibility index (Phi) is 4.44. The summed E-state index contributed by atoms with van der Waals surface area (Å²) in [6.45, 7) is 2.54. The number of fused-ring (bicyclic) bond motifs is 1. The average Bonchev–Trinajstić information content (AvgIpc) is 2.98. The third-order valence-electron chi connectivity index (χ3n) is 4.42. The van der Waals surface area contributed by atoms with Crippen LogP contribution in [0, 0.1) is 0 Å². The summed E-state index contributed by atoms with van der Waals surface area (Å²) in [6.07, 6.45) is 5.06. The van der Waals surface area contributed by atoms with Gasteiger partial charge in [-0.1, -0.05) is 12.1 Å². The van der Waals surface area contributed by atoms with Crippen LogP contribution < -0.4 is 10.2 Å². The van der Waals surface area contributed by atoms with Crippen molar-refractivity contribution in [2.45, 2.75) is 44.8 Å². The molecule has 0 spiro atoms. The van der Waals surface area contributed by atoms with Crippen LogP contribution in [0.2, 0.25) is 0 Å². The lowest BCUT2D eigenvalue weighted by Gasteiger charge is -2.27. The number of amides is 1. The molecule has 2 aliphatic rings. The molecule has 0 aliphatic carbocycles. The van der Waals surface area contributed by atoms with Crippen LogP contribution in [-0.4, -0.2) is 32.2 Å². The van der Waals surface area contributed by atoms with Gasteiger partial charge in [-0.25, -0.2) is 0 Å². The molecule has 0 saturated carbocycles. The largest absolute Gasteiger partial charge is 0.378 e. The predicted molar refractivity (Wildman–Crippen MR) is 83.5 cm³/mol. The molecular formula is C17H24N2O2. The van der Waals surface area contributed by atoms with Gasteiger partial charge in [0, 0.05) is 32.4 Å². The Morgan fingerprint density at radius 2 is 2.33 bits per heavy atom. The van der Waals surface area contributed by atoms with Crippen LogP contribution in [0.25, 0.3) is 0 Å². The summed E-state index contributed by atoms with van der Waals surface area (Å²) in [5.41, 5.74) is 3.91. The highest BCUT2D eigenvalue weighted by Gasteiger charge is 2.19. The zero-order chi connectivity index (χ0) is 14.7. The first kappa shape index (κ1) is 14.4. The number of hydrogen-bond donors (Lipinski definition) is 1. The van der Waals surface area contributed by atoms with Gasteiger partial charge >= 0.3 is 0 Å². The van der Waals surface area contributed by atoms with Gasteiger partial charge in [0.05, 0.1) is 12.5 Å². The second kappa shape index (κ2) is 6.48. The van der Waals surface area contributed by atoms with E-state index < -0.39 is 0 Å². The maximum atomic E-state index is 11.9. The van der Waals surface area contributed by atoms with Gasteiger partial charge in [0.15, 0.2) is 0 Å². The molecule has 21 heavy (non-hydrogen) atoms. The molecule has 1 amide bonds. The molecule has 1 fully saturated rings. The van der Waals surface area contributed by atoms with Gasteiger partial charge in [0.2, 0.25) is 5.91 Å². The molecule has 1 aromatic rings. The summed E-state index contributed by atoms with van der Waals surface area (Å²) in [5, 5.41) is 3.01. The van der Waals surface area contributed by atoms with Crippen LogP contribution in [0.5, 0.6) is 0 Å². The lowest BCUT2D eigenvalue weighted by atomic mass is 9.99. The zero-order valence-electron chi connectivity index (χ0n) is 12.7. The average molecular weight is 288 g/mol. The molecule has 4 nitrogen and oxygen atoms in total. The first-order valence-electron chi connectivity index (χ1n) is 7.93. The molecule has 2 aliphatic heterocycles. The molecule has 1 aromatic carbocycles. The number of carbonyl (C=O) groups is 1. The normalized spacial score (nSPS) is 21.2. The fraction of sp³-hybridized carbons (Fsp3) is 0.588. The van der Waals surface area contributed by atoms with Crippen LogP contribution in [0.4, 0.5) is 5.69 Å². The fourth-order valence-corrected chi connectivity index (χ4v) is 3.23. The van der Waals surface area contributed by atoms with E-state index in [9.17, 15) is 4.79 Å².